The van der Waals surface area contributed by atoms with Gasteiger partial charge in [0.25, 0.3) is 0 Å². The van der Waals surface area contributed by atoms with Gasteiger partial charge >= 0.3 is 0 Å². The predicted molar refractivity (Wildman–Crippen MR) is 89.2 cm³/mol. The Hall–Kier alpha value is -0.160. The van der Waals surface area contributed by atoms with Crippen molar-refractivity contribution in [3.8, 4) is 0 Å². The lowest BCUT2D eigenvalue weighted by molar-refractivity contribution is -0.697. The monoisotopic (exact) mass is 416 g/mol. The molecule has 1 atom stereocenters. The molecule has 126 valence electrons. The van der Waals surface area contributed by atoms with E-state index in [0.717, 1.165) is 0 Å². The highest BCUT2D eigenvalue weighted by Crippen LogP contribution is 2.29. The summed E-state index contributed by atoms with van der Waals surface area (Å²) >= 11 is 0. The maximum atomic E-state index is 2.49. The van der Waals surface area contributed by atoms with Gasteiger partial charge in [-0.05, 0) is 38.9 Å². The fraction of sp³-hybridized carbons (Fsp3) is 0.737. The van der Waals surface area contributed by atoms with Crippen molar-refractivity contribution < 1.29 is 28.5 Å². The molecular weight excluding hydrogens is 383 g/mol. The Morgan fingerprint density at radius 1 is 1.14 bits per heavy atom. The average Bonchev–Trinajstić information content (AvgIpc) is 2.93. The van der Waals surface area contributed by atoms with E-state index >= 15 is 0 Å². The summed E-state index contributed by atoms with van der Waals surface area (Å²) in [6.45, 7) is 4.71. The smallest absolute Gasteiger partial charge is 0.173 e. The molecule has 0 saturated carbocycles. The molecule has 1 aromatic heterocycles. The molecule has 0 unspecified atom stereocenters. The summed E-state index contributed by atoms with van der Waals surface area (Å²) in [4.78, 5) is 2.49. The first-order chi connectivity index (χ1) is 10.3. The molecule has 1 aromatic rings. The summed E-state index contributed by atoms with van der Waals surface area (Å²) in [5, 5.41) is 0. The summed E-state index contributed by atoms with van der Waals surface area (Å²) in [6.07, 6.45) is 17.0. The Kier molecular flexibility index (Phi) is 10.3. The SMILES string of the molecule is CCCCCCCCC[n+]1cccc([C@@H]2CCCN2C)c1.[I-]. The van der Waals surface area contributed by atoms with E-state index in [0.29, 0.717) is 6.04 Å². The molecule has 0 spiro atoms. The van der Waals surface area contributed by atoms with Crippen LogP contribution in [0.15, 0.2) is 24.5 Å². The van der Waals surface area contributed by atoms with Gasteiger partial charge in [-0.2, -0.15) is 0 Å². The Balaban J connectivity index is 0.00000242. The Morgan fingerprint density at radius 2 is 1.86 bits per heavy atom. The van der Waals surface area contributed by atoms with Crippen LogP contribution in [0.3, 0.4) is 0 Å². The molecule has 1 aliphatic rings. The van der Waals surface area contributed by atoms with E-state index in [4.69, 9.17) is 0 Å². The van der Waals surface area contributed by atoms with E-state index in [2.05, 4.69) is 48.0 Å². The molecule has 22 heavy (non-hydrogen) atoms. The van der Waals surface area contributed by atoms with Gasteiger partial charge in [-0.25, -0.2) is 4.57 Å². The van der Waals surface area contributed by atoms with E-state index in [1.165, 1.54) is 76.4 Å². The molecule has 0 N–H and O–H groups in total. The van der Waals surface area contributed by atoms with Crippen molar-refractivity contribution in [1.29, 1.82) is 0 Å². The summed E-state index contributed by atoms with van der Waals surface area (Å²) < 4.78 is 2.40. The van der Waals surface area contributed by atoms with Gasteiger partial charge in [0.05, 0.1) is 0 Å². The molecule has 1 saturated heterocycles. The number of nitrogens with zero attached hydrogens (tertiary/aromatic N) is 2. The molecule has 1 aliphatic heterocycles. The zero-order valence-corrected chi connectivity index (χ0v) is 16.6. The normalized spacial score (nSPS) is 18.4. The molecule has 0 amide bonds. The van der Waals surface area contributed by atoms with Gasteiger partial charge < -0.3 is 24.0 Å². The van der Waals surface area contributed by atoms with Crippen molar-refractivity contribution in [3.05, 3.63) is 30.1 Å². The number of hydrogen-bond donors (Lipinski definition) is 0. The first-order valence-corrected chi connectivity index (χ1v) is 9.00. The maximum absolute atomic E-state index is 2.49. The lowest BCUT2D eigenvalue weighted by Gasteiger charge is -2.18. The van der Waals surface area contributed by atoms with Crippen molar-refractivity contribution in [3.63, 3.8) is 0 Å². The van der Waals surface area contributed by atoms with Crippen LogP contribution >= 0.6 is 0 Å². The van der Waals surface area contributed by atoms with Gasteiger partial charge in [0.1, 0.15) is 6.54 Å². The second-order valence-electron chi connectivity index (χ2n) is 6.64. The zero-order valence-electron chi connectivity index (χ0n) is 14.4. The van der Waals surface area contributed by atoms with E-state index in [1.54, 1.807) is 0 Å². The lowest BCUT2D eigenvalue weighted by atomic mass is 10.1. The van der Waals surface area contributed by atoms with E-state index in [1.807, 2.05) is 0 Å². The van der Waals surface area contributed by atoms with Crippen LogP contribution < -0.4 is 28.5 Å². The van der Waals surface area contributed by atoms with Crippen molar-refractivity contribution >= 4 is 0 Å². The second-order valence-corrected chi connectivity index (χ2v) is 6.64. The number of halogens is 1. The molecule has 2 rings (SSSR count). The first-order valence-electron chi connectivity index (χ1n) is 9.00. The fourth-order valence-electron chi connectivity index (χ4n) is 3.46. The lowest BCUT2D eigenvalue weighted by Crippen LogP contribution is -3.00. The maximum Gasteiger partial charge on any atom is 0.173 e. The third kappa shape index (κ3) is 6.53. The number of pyridine rings is 1. The standard InChI is InChI=1S/C19H33N2.HI/c1-3-4-5-6-7-8-9-15-21-16-10-12-18(17-21)19-13-11-14-20(19)2;/h10,12,16-17,19H,3-9,11,13-15H2,1-2H3;1H/q+1;/p-1/t19-;/m0./s1. The van der Waals surface area contributed by atoms with E-state index < -0.39 is 0 Å². The van der Waals surface area contributed by atoms with Crippen LogP contribution in [0.2, 0.25) is 0 Å². The fourth-order valence-corrected chi connectivity index (χ4v) is 3.46. The van der Waals surface area contributed by atoms with Crippen molar-refractivity contribution in [2.45, 2.75) is 77.3 Å². The van der Waals surface area contributed by atoms with Gasteiger partial charge in [0, 0.05) is 24.1 Å². The van der Waals surface area contributed by atoms with Crippen LogP contribution in [0, 0.1) is 0 Å². The van der Waals surface area contributed by atoms with Crippen LogP contribution in [-0.2, 0) is 6.54 Å². The van der Waals surface area contributed by atoms with Gasteiger partial charge in [-0.3, -0.25) is 4.90 Å². The van der Waals surface area contributed by atoms with Crippen molar-refractivity contribution in [2.75, 3.05) is 13.6 Å². The first kappa shape index (κ1) is 19.9. The molecule has 0 aliphatic carbocycles. The van der Waals surface area contributed by atoms with Crippen LogP contribution in [0.5, 0.6) is 0 Å². The summed E-state index contributed by atoms with van der Waals surface area (Å²) in [5.41, 5.74) is 1.50. The third-order valence-corrected chi connectivity index (χ3v) is 4.81. The number of hydrogen-bond acceptors (Lipinski definition) is 1. The summed E-state index contributed by atoms with van der Waals surface area (Å²) in [6, 6.07) is 5.17. The average molecular weight is 416 g/mol. The largest absolute Gasteiger partial charge is 1.00 e. The highest BCUT2D eigenvalue weighted by molar-refractivity contribution is 5.12. The van der Waals surface area contributed by atoms with Gasteiger partial charge in [0.15, 0.2) is 12.4 Å². The van der Waals surface area contributed by atoms with Gasteiger partial charge in [-0.1, -0.05) is 39.0 Å². The minimum absolute atomic E-state index is 0. The number of unbranched alkanes of at least 4 members (excludes halogenated alkanes) is 6. The van der Waals surface area contributed by atoms with E-state index in [9.17, 15) is 0 Å². The number of aryl methyl sites for hydroxylation is 1. The molecule has 0 bridgehead atoms. The molecule has 0 radical (unpaired) electrons. The van der Waals surface area contributed by atoms with Crippen LogP contribution in [-0.4, -0.2) is 18.5 Å². The third-order valence-electron chi connectivity index (χ3n) is 4.81. The minimum Gasteiger partial charge on any atom is -1.00 e. The highest BCUT2D eigenvalue weighted by atomic mass is 127. The Labute approximate surface area is 154 Å². The predicted octanol–water partition coefficient (Wildman–Crippen LogP) is 1.50. The highest BCUT2D eigenvalue weighted by Gasteiger charge is 2.24. The summed E-state index contributed by atoms with van der Waals surface area (Å²) in [5.74, 6) is 0. The van der Waals surface area contributed by atoms with Crippen LogP contribution in [0.25, 0.3) is 0 Å². The second kappa shape index (κ2) is 11.4. The molecule has 3 heteroatoms. The quantitative estimate of drug-likeness (QED) is 0.336. The molecule has 2 nitrogen and oxygen atoms in total. The van der Waals surface area contributed by atoms with Gasteiger partial charge in [-0.15, -0.1) is 0 Å². The molecular formula is C19H33IN2. The number of rotatable bonds is 9. The Morgan fingerprint density at radius 3 is 2.55 bits per heavy atom. The number of likely N-dealkylation sites (tertiary alicyclic amines) is 1. The van der Waals surface area contributed by atoms with Gasteiger partial charge in [0.2, 0.25) is 0 Å². The summed E-state index contributed by atoms with van der Waals surface area (Å²) in [7, 11) is 2.26. The Bertz CT molecular complexity index is 408. The minimum atomic E-state index is 0. The number of aromatic nitrogens is 1. The van der Waals surface area contributed by atoms with Crippen molar-refractivity contribution in [1.82, 2.24) is 4.90 Å². The topological polar surface area (TPSA) is 7.12 Å². The van der Waals surface area contributed by atoms with Crippen LogP contribution in [0.4, 0.5) is 0 Å². The molecule has 2 heterocycles. The van der Waals surface area contributed by atoms with Crippen LogP contribution in [0.1, 0.15) is 76.3 Å². The van der Waals surface area contributed by atoms with Crippen molar-refractivity contribution in [2.24, 2.45) is 0 Å². The zero-order chi connectivity index (χ0) is 14.9. The van der Waals surface area contributed by atoms with E-state index in [-0.39, 0.29) is 24.0 Å². The molecule has 1 fully saturated rings. The molecule has 0 aromatic carbocycles.